The minimum atomic E-state index is -0.490. The molecule has 1 fully saturated rings. The van der Waals surface area contributed by atoms with Crippen LogP contribution in [0.15, 0.2) is 46.9 Å². The van der Waals surface area contributed by atoms with Gasteiger partial charge in [-0.2, -0.15) is 0 Å². The monoisotopic (exact) mass is 300 g/mol. The zero-order chi connectivity index (χ0) is 15.4. The Hall–Kier alpha value is -2.14. The predicted molar refractivity (Wildman–Crippen MR) is 83.5 cm³/mol. The summed E-state index contributed by atoms with van der Waals surface area (Å²) in [5.41, 5.74) is 1.41. The largest absolute Gasteiger partial charge is 0.433 e. The first-order chi connectivity index (χ1) is 10.7. The van der Waals surface area contributed by atoms with Crippen LogP contribution in [0.4, 0.5) is 5.88 Å². The molecule has 5 heteroatoms. The summed E-state index contributed by atoms with van der Waals surface area (Å²) in [7, 11) is 0. The first kappa shape index (κ1) is 14.8. The molecular weight excluding hydrogens is 280 g/mol. The number of likely N-dealkylation sites (tertiary alicyclic amines) is 1. The second-order valence-electron chi connectivity index (χ2n) is 5.91. The van der Waals surface area contributed by atoms with Crippen molar-refractivity contribution < 1.29 is 9.34 Å². The van der Waals surface area contributed by atoms with Crippen LogP contribution in [0.2, 0.25) is 0 Å². The molecule has 116 valence electrons. The van der Waals surface area contributed by atoms with E-state index in [0.717, 1.165) is 38.3 Å². The number of hydrogen-bond donors (Lipinski definition) is 0. The van der Waals surface area contributed by atoms with Gasteiger partial charge in [-0.15, -0.1) is 0 Å². The minimum absolute atomic E-state index is 0.172. The van der Waals surface area contributed by atoms with Crippen molar-refractivity contribution >= 4 is 5.88 Å². The Morgan fingerprint density at radius 1 is 1.14 bits per heavy atom. The van der Waals surface area contributed by atoms with E-state index < -0.39 is 4.92 Å². The van der Waals surface area contributed by atoms with Crippen LogP contribution in [0.3, 0.4) is 0 Å². The lowest BCUT2D eigenvalue weighted by Crippen LogP contribution is -2.33. The van der Waals surface area contributed by atoms with Gasteiger partial charge in [-0.3, -0.25) is 15.0 Å². The summed E-state index contributed by atoms with van der Waals surface area (Å²) in [5, 5.41) is 10.6. The van der Waals surface area contributed by atoms with Crippen molar-refractivity contribution in [3.05, 3.63) is 63.9 Å². The highest BCUT2D eigenvalue weighted by molar-refractivity contribution is 5.18. The third kappa shape index (κ3) is 3.74. The number of furan rings is 1. The molecular formula is C17H20N2O3. The van der Waals surface area contributed by atoms with Crippen molar-refractivity contribution in [1.29, 1.82) is 0 Å². The van der Waals surface area contributed by atoms with Gasteiger partial charge in [0.15, 0.2) is 0 Å². The van der Waals surface area contributed by atoms with Gasteiger partial charge in [0.2, 0.25) is 0 Å². The molecule has 1 aromatic heterocycles. The Morgan fingerprint density at radius 2 is 1.86 bits per heavy atom. The second-order valence-corrected chi connectivity index (χ2v) is 5.91. The highest BCUT2D eigenvalue weighted by Crippen LogP contribution is 2.24. The molecule has 1 saturated heterocycles. The van der Waals surface area contributed by atoms with E-state index in [1.54, 1.807) is 6.07 Å². The summed E-state index contributed by atoms with van der Waals surface area (Å²) >= 11 is 0. The van der Waals surface area contributed by atoms with Gasteiger partial charge < -0.3 is 4.42 Å². The highest BCUT2D eigenvalue weighted by atomic mass is 16.6. The standard InChI is InChI=1S/C17H20N2O3/c20-19(21)17-7-6-16(22-17)13-18-10-8-15(9-11-18)12-14-4-2-1-3-5-14/h1-7,15H,8-13H2. The number of benzene rings is 1. The van der Waals surface area contributed by atoms with Crippen LogP contribution in [0.25, 0.3) is 0 Å². The van der Waals surface area contributed by atoms with Crippen LogP contribution < -0.4 is 0 Å². The zero-order valence-corrected chi connectivity index (χ0v) is 12.5. The number of nitro groups is 1. The summed E-state index contributed by atoms with van der Waals surface area (Å²) in [6.07, 6.45) is 3.47. The highest BCUT2D eigenvalue weighted by Gasteiger charge is 2.21. The van der Waals surface area contributed by atoms with E-state index in [1.807, 2.05) is 0 Å². The molecule has 3 rings (SSSR count). The molecule has 1 aromatic carbocycles. The number of piperidine rings is 1. The Balaban J connectivity index is 1.48. The van der Waals surface area contributed by atoms with Crippen molar-refractivity contribution in [2.45, 2.75) is 25.8 Å². The topological polar surface area (TPSA) is 59.5 Å². The SMILES string of the molecule is O=[N+]([O-])c1ccc(CN2CCC(Cc3ccccc3)CC2)o1. The van der Waals surface area contributed by atoms with Gasteiger partial charge in [0.25, 0.3) is 0 Å². The van der Waals surface area contributed by atoms with Crippen LogP contribution in [0.5, 0.6) is 0 Å². The van der Waals surface area contributed by atoms with Crippen molar-refractivity contribution in [2.24, 2.45) is 5.92 Å². The van der Waals surface area contributed by atoms with Gasteiger partial charge in [0.1, 0.15) is 10.7 Å². The van der Waals surface area contributed by atoms with Crippen LogP contribution >= 0.6 is 0 Å². The Labute approximate surface area is 129 Å². The zero-order valence-electron chi connectivity index (χ0n) is 12.5. The van der Waals surface area contributed by atoms with Crippen LogP contribution in [0.1, 0.15) is 24.2 Å². The van der Waals surface area contributed by atoms with Gasteiger partial charge in [-0.25, -0.2) is 0 Å². The van der Waals surface area contributed by atoms with Crippen LogP contribution in [-0.4, -0.2) is 22.9 Å². The maximum absolute atomic E-state index is 10.6. The average Bonchev–Trinajstić information content (AvgIpc) is 2.99. The first-order valence-corrected chi connectivity index (χ1v) is 7.70. The van der Waals surface area contributed by atoms with E-state index in [4.69, 9.17) is 4.42 Å². The Morgan fingerprint density at radius 3 is 2.50 bits per heavy atom. The fourth-order valence-corrected chi connectivity index (χ4v) is 3.07. The number of hydrogen-bond acceptors (Lipinski definition) is 4. The van der Waals surface area contributed by atoms with E-state index in [0.29, 0.717) is 12.3 Å². The molecule has 1 aliphatic rings. The molecule has 0 unspecified atom stereocenters. The molecule has 22 heavy (non-hydrogen) atoms. The molecule has 0 aliphatic carbocycles. The predicted octanol–water partition coefficient (Wildman–Crippen LogP) is 3.64. The lowest BCUT2D eigenvalue weighted by atomic mass is 9.90. The van der Waals surface area contributed by atoms with E-state index in [9.17, 15) is 10.1 Å². The molecule has 0 saturated carbocycles. The summed E-state index contributed by atoms with van der Waals surface area (Å²) in [6, 6.07) is 13.7. The molecule has 2 aromatic rings. The normalized spacial score (nSPS) is 16.7. The summed E-state index contributed by atoms with van der Waals surface area (Å²) in [4.78, 5) is 12.4. The van der Waals surface area contributed by atoms with E-state index >= 15 is 0 Å². The van der Waals surface area contributed by atoms with Crippen molar-refractivity contribution in [2.75, 3.05) is 13.1 Å². The average molecular weight is 300 g/mol. The van der Waals surface area contributed by atoms with Gasteiger partial charge in [-0.1, -0.05) is 30.3 Å². The van der Waals surface area contributed by atoms with Crippen LogP contribution in [0, 0.1) is 16.0 Å². The fraction of sp³-hybridized carbons (Fsp3) is 0.412. The van der Waals surface area contributed by atoms with Crippen molar-refractivity contribution in [1.82, 2.24) is 4.90 Å². The lowest BCUT2D eigenvalue weighted by Gasteiger charge is -2.31. The van der Waals surface area contributed by atoms with Crippen molar-refractivity contribution in [3.8, 4) is 0 Å². The summed E-state index contributed by atoms with van der Waals surface area (Å²) in [5.74, 6) is 1.23. The van der Waals surface area contributed by atoms with Gasteiger partial charge in [0, 0.05) is 0 Å². The maximum atomic E-state index is 10.6. The molecule has 0 atom stereocenters. The first-order valence-electron chi connectivity index (χ1n) is 7.70. The molecule has 1 aliphatic heterocycles. The minimum Gasteiger partial charge on any atom is -0.404 e. The van der Waals surface area contributed by atoms with E-state index in [1.165, 1.54) is 11.6 Å². The van der Waals surface area contributed by atoms with Crippen molar-refractivity contribution in [3.63, 3.8) is 0 Å². The van der Waals surface area contributed by atoms with Gasteiger partial charge in [0.05, 0.1) is 12.6 Å². The van der Waals surface area contributed by atoms with E-state index in [-0.39, 0.29) is 5.88 Å². The van der Waals surface area contributed by atoms with Gasteiger partial charge >= 0.3 is 5.88 Å². The van der Waals surface area contributed by atoms with Crippen LogP contribution in [-0.2, 0) is 13.0 Å². The molecule has 0 radical (unpaired) electrons. The fourth-order valence-electron chi connectivity index (χ4n) is 3.07. The Bertz CT molecular complexity index is 616. The molecule has 0 bridgehead atoms. The number of nitrogens with zero attached hydrogens (tertiary/aromatic N) is 2. The molecule has 5 nitrogen and oxygen atoms in total. The van der Waals surface area contributed by atoms with E-state index in [2.05, 4.69) is 35.2 Å². The third-order valence-corrected chi connectivity index (χ3v) is 4.28. The molecule has 0 spiro atoms. The lowest BCUT2D eigenvalue weighted by molar-refractivity contribution is -0.402. The van der Waals surface area contributed by atoms with Gasteiger partial charge in [-0.05, 0) is 49.9 Å². The second kappa shape index (κ2) is 6.75. The summed E-state index contributed by atoms with van der Waals surface area (Å²) < 4.78 is 5.23. The smallest absolute Gasteiger partial charge is 0.404 e. The quantitative estimate of drug-likeness (QED) is 0.625. The number of rotatable bonds is 5. The molecule has 2 heterocycles. The summed E-state index contributed by atoms with van der Waals surface area (Å²) in [6.45, 7) is 2.70. The Kier molecular flexibility index (Phi) is 4.53. The maximum Gasteiger partial charge on any atom is 0.433 e. The third-order valence-electron chi connectivity index (χ3n) is 4.28. The molecule has 0 N–H and O–H groups in total. The molecule has 0 amide bonds.